The maximum absolute atomic E-state index is 15.8. The van der Waals surface area contributed by atoms with Crippen molar-refractivity contribution < 1.29 is 18.4 Å². The molecule has 1 fully saturated rings. The summed E-state index contributed by atoms with van der Waals surface area (Å²) in [5.74, 6) is -1.64. The summed E-state index contributed by atoms with van der Waals surface area (Å²) in [6.07, 6.45) is 5.47. The smallest absolute Gasteiger partial charge is 0.254 e. The van der Waals surface area contributed by atoms with E-state index in [1.54, 1.807) is 61.5 Å². The fraction of sp³-hybridized carbons (Fsp3) is 0.200. The Balaban J connectivity index is 1.42. The first-order chi connectivity index (χ1) is 17.7. The number of carbonyl (C=O) groups excluding carboxylic acids is 2. The number of pyridine rings is 1. The Morgan fingerprint density at radius 2 is 2.03 bits per heavy atom. The Kier molecular flexibility index (Phi) is 5.27. The molecule has 0 unspecified atom stereocenters. The van der Waals surface area contributed by atoms with Gasteiger partial charge in [-0.25, -0.2) is 13.3 Å². The highest BCUT2D eigenvalue weighted by Gasteiger charge is 2.43. The lowest BCUT2D eigenvalue weighted by atomic mass is 10.0. The molecule has 2 N–H and O–H groups in total. The van der Waals surface area contributed by atoms with Gasteiger partial charge in [0.05, 0.1) is 33.7 Å². The molecule has 1 saturated carbocycles. The highest BCUT2D eigenvalue weighted by molar-refractivity contribution is 6.35. The van der Waals surface area contributed by atoms with Gasteiger partial charge in [-0.05, 0) is 30.2 Å². The van der Waals surface area contributed by atoms with Crippen LogP contribution in [0.5, 0.6) is 0 Å². The standard InChI is InChI=1S/C25H20ClF2N7O2/c1-33(2)25(37)13-3-5-34(11-13)23-21(28)20(26)19(16-10-29-31-22(16)23)12-4-6-35-14(7-12)8-18(32-35)30-24(36)15-9-17(15)27/h3-8,10-11,15,17H,9H2,1-2H3,(H,29,31)(H,30,32,36)/t15-,17+/m1/s1. The predicted molar refractivity (Wildman–Crippen MR) is 134 cm³/mol. The van der Waals surface area contributed by atoms with Crippen molar-refractivity contribution in [3.05, 3.63) is 65.5 Å². The summed E-state index contributed by atoms with van der Waals surface area (Å²) in [6.45, 7) is 0. The van der Waals surface area contributed by atoms with E-state index < -0.39 is 23.8 Å². The molecule has 9 nitrogen and oxygen atoms in total. The molecule has 4 heterocycles. The number of alkyl halides is 1. The third-order valence-corrected chi connectivity index (χ3v) is 6.78. The van der Waals surface area contributed by atoms with Crippen LogP contribution in [0.4, 0.5) is 14.6 Å². The number of amides is 2. The lowest BCUT2D eigenvalue weighted by molar-refractivity contribution is -0.117. The predicted octanol–water partition coefficient (Wildman–Crippen LogP) is 4.46. The monoisotopic (exact) mass is 523 g/mol. The highest BCUT2D eigenvalue weighted by atomic mass is 35.5. The first kappa shape index (κ1) is 23.2. The molecule has 0 aliphatic heterocycles. The molecule has 6 rings (SSSR count). The summed E-state index contributed by atoms with van der Waals surface area (Å²) in [6, 6.07) is 6.73. The Labute approximate surface area is 213 Å². The van der Waals surface area contributed by atoms with E-state index in [-0.39, 0.29) is 28.9 Å². The van der Waals surface area contributed by atoms with Gasteiger partial charge in [0, 0.05) is 49.7 Å². The zero-order valence-corrected chi connectivity index (χ0v) is 20.4. The van der Waals surface area contributed by atoms with E-state index in [2.05, 4.69) is 20.6 Å². The SMILES string of the molecule is CN(C)C(=O)c1ccn(-c2c(F)c(Cl)c(-c3ccn4nc(NC(=O)[C@@H]5C[C@@H]5F)cc4c3)c3cn[nH]c23)c1. The van der Waals surface area contributed by atoms with Crippen molar-refractivity contribution in [3.63, 3.8) is 0 Å². The first-order valence-electron chi connectivity index (χ1n) is 11.4. The van der Waals surface area contributed by atoms with E-state index in [0.717, 1.165) is 0 Å². The molecule has 1 aromatic carbocycles. The molecule has 1 aliphatic carbocycles. The number of benzene rings is 1. The van der Waals surface area contributed by atoms with Crippen LogP contribution in [0, 0.1) is 11.7 Å². The Hall–Kier alpha value is -4.25. The maximum Gasteiger partial charge on any atom is 0.254 e. The van der Waals surface area contributed by atoms with Gasteiger partial charge < -0.3 is 14.8 Å². The van der Waals surface area contributed by atoms with Crippen LogP contribution in [0.25, 0.3) is 33.2 Å². The van der Waals surface area contributed by atoms with Crippen molar-refractivity contribution in [1.29, 1.82) is 0 Å². The van der Waals surface area contributed by atoms with Crippen molar-refractivity contribution in [2.24, 2.45) is 5.92 Å². The molecule has 0 radical (unpaired) electrons. The lowest BCUT2D eigenvalue weighted by Crippen LogP contribution is -2.21. The number of carbonyl (C=O) groups is 2. The number of aromatic nitrogens is 5. The molecule has 188 valence electrons. The number of nitrogens with one attached hydrogen (secondary N) is 2. The average Bonchev–Trinajstić information content (AvgIpc) is 3.26. The molecule has 0 saturated heterocycles. The molecule has 37 heavy (non-hydrogen) atoms. The van der Waals surface area contributed by atoms with E-state index >= 15 is 4.39 Å². The zero-order chi connectivity index (χ0) is 26.0. The molecule has 4 aromatic heterocycles. The van der Waals surface area contributed by atoms with Gasteiger partial charge in [0.2, 0.25) is 5.91 Å². The fourth-order valence-electron chi connectivity index (χ4n) is 4.41. The van der Waals surface area contributed by atoms with Crippen molar-refractivity contribution in [3.8, 4) is 16.8 Å². The van der Waals surface area contributed by atoms with Crippen molar-refractivity contribution >= 4 is 45.7 Å². The van der Waals surface area contributed by atoms with Crippen LogP contribution in [-0.4, -0.2) is 61.4 Å². The average molecular weight is 524 g/mol. The van der Waals surface area contributed by atoms with E-state index in [9.17, 15) is 14.0 Å². The second kappa shape index (κ2) is 8.41. The second-order valence-electron chi connectivity index (χ2n) is 9.18. The third kappa shape index (κ3) is 3.82. The minimum atomic E-state index is -1.10. The number of anilines is 1. The van der Waals surface area contributed by atoms with Crippen LogP contribution in [0.1, 0.15) is 16.8 Å². The first-order valence-corrected chi connectivity index (χ1v) is 11.8. The van der Waals surface area contributed by atoms with Crippen LogP contribution < -0.4 is 5.32 Å². The lowest BCUT2D eigenvalue weighted by Gasteiger charge is -2.14. The van der Waals surface area contributed by atoms with Gasteiger partial charge in [-0.2, -0.15) is 10.2 Å². The number of halogens is 3. The van der Waals surface area contributed by atoms with Crippen LogP contribution >= 0.6 is 11.6 Å². The number of fused-ring (bicyclic) bond motifs is 2. The molecule has 2 atom stereocenters. The molecule has 0 spiro atoms. The molecular weight excluding hydrogens is 504 g/mol. The summed E-state index contributed by atoms with van der Waals surface area (Å²) in [5, 5.41) is 14.4. The van der Waals surface area contributed by atoms with Gasteiger partial charge >= 0.3 is 0 Å². The highest BCUT2D eigenvalue weighted by Crippen LogP contribution is 2.41. The number of hydrogen-bond donors (Lipinski definition) is 2. The normalized spacial score (nSPS) is 16.9. The number of aromatic amines is 1. The van der Waals surface area contributed by atoms with Gasteiger partial charge in [0.25, 0.3) is 5.91 Å². The molecule has 1 aliphatic rings. The number of nitrogens with zero attached hydrogens (tertiary/aromatic N) is 5. The Bertz CT molecular complexity index is 1720. The fourth-order valence-corrected chi connectivity index (χ4v) is 4.71. The number of rotatable bonds is 5. The minimum Gasteiger partial charge on any atom is -0.345 e. The zero-order valence-electron chi connectivity index (χ0n) is 19.7. The van der Waals surface area contributed by atoms with E-state index in [0.29, 0.717) is 33.1 Å². The van der Waals surface area contributed by atoms with Gasteiger partial charge in [0.1, 0.15) is 11.9 Å². The molecule has 12 heteroatoms. The number of H-pyrrole nitrogens is 1. The molecular formula is C25H20ClF2N7O2. The summed E-state index contributed by atoms with van der Waals surface area (Å²) in [4.78, 5) is 25.9. The Morgan fingerprint density at radius 1 is 1.24 bits per heavy atom. The van der Waals surface area contributed by atoms with Gasteiger partial charge in [-0.1, -0.05) is 11.6 Å². The molecule has 5 aromatic rings. The third-order valence-electron chi connectivity index (χ3n) is 6.42. The van der Waals surface area contributed by atoms with Gasteiger partial charge in [-0.3, -0.25) is 14.7 Å². The van der Waals surface area contributed by atoms with Crippen molar-refractivity contribution in [1.82, 2.24) is 29.3 Å². The molecule has 0 bridgehead atoms. The summed E-state index contributed by atoms with van der Waals surface area (Å²) in [7, 11) is 3.28. The largest absolute Gasteiger partial charge is 0.345 e. The topological polar surface area (TPSA) is 100 Å². The van der Waals surface area contributed by atoms with Crippen molar-refractivity contribution in [2.45, 2.75) is 12.6 Å². The quantitative estimate of drug-likeness (QED) is 0.355. The van der Waals surface area contributed by atoms with Gasteiger partial charge in [0.15, 0.2) is 11.6 Å². The van der Waals surface area contributed by atoms with Crippen molar-refractivity contribution in [2.75, 3.05) is 19.4 Å². The van der Waals surface area contributed by atoms with Crippen LogP contribution in [0.15, 0.2) is 49.1 Å². The van der Waals surface area contributed by atoms with Gasteiger partial charge in [-0.15, -0.1) is 0 Å². The maximum atomic E-state index is 15.8. The van der Waals surface area contributed by atoms with Crippen LogP contribution in [0.2, 0.25) is 5.02 Å². The molecule has 2 amide bonds. The van der Waals surface area contributed by atoms with Crippen LogP contribution in [-0.2, 0) is 4.79 Å². The summed E-state index contributed by atoms with van der Waals surface area (Å²) in [5.41, 5.74) is 2.60. The van der Waals surface area contributed by atoms with E-state index in [1.807, 2.05) is 0 Å². The second-order valence-corrected chi connectivity index (χ2v) is 9.56. The van der Waals surface area contributed by atoms with E-state index in [4.69, 9.17) is 11.6 Å². The van der Waals surface area contributed by atoms with Crippen LogP contribution in [0.3, 0.4) is 0 Å². The summed E-state index contributed by atoms with van der Waals surface area (Å²) < 4.78 is 32.0. The Morgan fingerprint density at radius 3 is 2.76 bits per heavy atom. The summed E-state index contributed by atoms with van der Waals surface area (Å²) >= 11 is 6.60. The van der Waals surface area contributed by atoms with E-state index in [1.165, 1.54) is 15.7 Å². The minimum absolute atomic E-state index is 0.113. The number of hydrogen-bond acceptors (Lipinski definition) is 4.